The van der Waals surface area contributed by atoms with E-state index in [1.807, 2.05) is 0 Å². The second-order valence-electron chi connectivity index (χ2n) is 7.31. The summed E-state index contributed by atoms with van der Waals surface area (Å²) < 4.78 is 72.1. The number of benzene rings is 3. The molecule has 0 atom stereocenters. The fraction of sp³-hybridized carbons (Fsp3) is 0.0500. The monoisotopic (exact) mass is 646 g/mol. The van der Waals surface area contributed by atoms with Gasteiger partial charge in [0.15, 0.2) is 5.75 Å². The van der Waals surface area contributed by atoms with Crippen LogP contribution in [0.15, 0.2) is 62.5 Å². The van der Waals surface area contributed by atoms with Gasteiger partial charge in [0.25, 0.3) is 20.2 Å². The van der Waals surface area contributed by atoms with Gasteiger partial charge in [-0.05, 0) is 65.0 Å². The topological polar surface area (TPSA) is 214 Å². The van der Waals surface area contributed by atoms with E-state index in [-0.39, 0.29) is 92.2 Å². The number of phenolic OH excluding ortho intramolecular Hbond substituents is 1. The fourth-order valence-electron chi connectivity index (χ4n) is 3.25. The first-order valence-electron chi connectivity index (χ1n) is 9.95. The van der Waals surface area contributed by atoms with Crippen LogP contribution in [0.5, 0.6) is 11.5 Å². The minimum atomic E-state index is -4.97. The number of anilines is 2. The minimum absolute atomic E-state index is 0. The molecular weight excluding hydrogens is 633 g/mol. The van der Waals surface area contributed by atoms with Crippen molar-refractivity contribution >= 4 is 136 Å². The van der Waals surface area contributed by atoms with Gasteiger partial charge in [-0.15, -0.1) is 10.2 Å². The Bertz CT molecular complexity index is 1830. The number of hydrogen-bond acceptors (Lipinski definition) is 12. The molecule has 2 radical (unpaired) electrons. The smallest absolute Gasteiger partial charge is 0.296 e. The van der Waals surface area contributed by atoms with Crippen molar-refractivity contribution < 1.29 is 35.8 Å². The second kappa shape index (κ2) is 13.5. The standard InChI is InChI=1S/C20H14Cl2N6O8S2.2Na/c1-36-11-3-5-13(14(8-11)37(30,31)32)27-28-16-15(38(33,34)35)7-9-6-10(2-4-12(9)17(16)29)23-20-25-18(21)24-19(22)26-20;;/h2-8,29H,1H3,(H,30,31,32)(H,33,34,35)(H,23,24,25,26);;. The number of phenols is 1. The Morgan fingerprint density at radius 1 is 0.850 bits per heavy atom. The average Bonchev–Trinajstić information content (AvgIpc) is 2.81. The number of aromatic hydroxyl groups is 1. The molecule has 4 N–H and O–H groups in total. The Morgan fingerprint density at radius 3 is 2.05 bits per heavy atom. The van der Waals surface area contributed by atoms with Gasteiger partial charge in [-0.1, -0.05) is 0 Å². The fourth-order valence-corrected chi connectivity index (χ4v) is 4.91. The van der Waals surface area contributed by atoms with Crippen LogP contribution in [0.25, 0.3) is 10.8 Å². The number of nitrogens with zero attached hydrogens (tertiary/aromatic N) is 5. The van der Waals surface area contributed by atoms with Crippen LogP contribution >= 0.6 is 23.2 Å². The van der Waals surface area contributed by atoms with E-state index in [4.69, 9.17) is 27.9 Å². The molecule has 0 spiro atoms. The van der Waals surface area contributed by atoms with Crippen molar-refractivity contribution in [3.63, 3.8) is 0 Å². The molecule has 1 heterocycles. The molecule has 0 saturated heterocycles. The van der Waals surface area contributed by atoms with Gasteiger partial charge in [0.1, 0.15) is 26.9 Å². The third-order valence-electron chi connectivity index (χ3n) is 4.87. The van der Waals surface area contributed by atoms with Crippen molar-refractivity contribution in [2.45, 2.75) is 9.79 Å². The van der Waals surface area contributed by atoms with Crippen LogP contribution in [0, 0.1) is 0 Å². The Morgan fingerprint density at radius 2 is 1.48 bits per heavy atom. The largest absolute Gasteiger partial charge is 0.505 e. The van der Waals surface area contributed by atoms with Crippen LogP contribution in [0.2, 0.25) is 10.6 Å². The van der Waals surface area contributed by atoms with E-state index in [0.29, 0.717) is 5.69 Å². The molecule has 0 aliphatic rings. The quantitative estimate of drug-likeness (QED) is 0.128. The summed E-state index contributed by atoms with van der Waals surface area (Å²) in [6, 6.07) is 8.69. The van der Waals surface area contributed by atoms with E-state index in [1.165, 1.54) is 31.4 Å². The Balaban J connectivity index is 0.00000280. The van der Waals surface area contributed by atoms with E-state index in [0.717, 1.165) is 18.2 Å². The molecule has 4 aromatic rings. The summed E-state index contributed by atoms with van der Waals surface area (Å²) in [6.45, 7) is 0. The zero-order valence-electron chi connectivity index (χ0n) is 20.7. The summed E-state index contributed by atoms with van der Waals surface area (Å²) >= 11 is 11.5. The van der Waals surface area contributed by atoms with E-state index in [1.54, 1.807) is 0 Å². The molecule has 0 saturated carbocycles. The van der Waals surface area contributed by atoms with E-state index < -0.39 is 47.2 Å². The third-order valence-corrected chi connectivity index (χ3v) is 6.96. The Hall–Kier alpha value is -1.67. The number of hydrogen-bond donors (Lipinski definition) is 4. The van der Waals surface area contributed by atoms with Gasteiger partial charge in [0, 0.05) is 76.3 Å². The molecule has 0 aliphatic heterocycles. The molecule has 40 heavy (non-hydrogen) atoms. The van der Waals surface area contributed by atoms with Crippen LogP contribution in [0.1, 0.15) is 0 Å². The first kappa shape index (κ1) is 34.5. The molecule has 0 fully saturated rings. The molecule has 200 valence electrons. The Labute approximate surface area is 281 Å². The molecule has 1 aromatic heterocycles. The number of halogens is 2. The Kier molecular flexibility index (Phi) is 11.7. The van der Waals surface area contributed by atoms with Gasteiger partial charge in [-0.2, -0.15) is 31.8 Å². The molecule has 0 bridgehead atoms. The van der Waals surface area contributed by atoms with Gasteiger partial charge in [0.2, 0.25) is 16.5 Å². The average molecular weight is 647 g/mol. The maximum atomic E-state index is 12.1. The van der Waals surface area contributed by atoms with Crippen molar-refractivity contribution in [1.82, 2.24) is 15.0 Å². The molecule has 20 heteroatoms. The third kappa shape index (κ3) is 7.99. The first-order valence-corrected chi connectivity index (χ1v) is 13.6. The number of rotatable bonds is 7. The van der Waals surface area contributed by atoms with Crippen LogP contribution in [-0.4, -0.2) is 112 Å². The predicted octanol–water partition coefficient (Wildman–Crippen LogP) is 3.94. The molecule has 14 nitrogen and oxygen atoms in total. The zero-order valence-corrected chi connectivity index (χ0v) is 27.9. The summed E-state index contributed by atoms with van der Waals surface area (Å²) in [4.78, 5) is 9.80. The number of aromatic nitrogens is 3. The minimum Gasteiger partial charge on any atom is -0.505 e. The van der Waals surface area contributed by atoms with Crippen LogP contribution in [0.4, 0.5) is 23.0 Å². The summed E-state index contributed by atoms with van der Waals surface area (Å²) in [6.07, 6.45) is 0. The van der Waals surface area contributed by atoms with Crippen molar-refractivity contribution in [1.29, 1.82) is 0 Å². The van der Waals surface area contributed by atoms with Gasteiger partial charge < -0.3 is 15.2 Å². The van der Waals surface area contributed by atoms with Crippen molar-refractivity contribution in [2.75, 3.05) is 12.4 Å². The van der Waals surface area contributed by atoms with Gasteiger partial charge in [-0.3, -0.25) is 9.11 Å². The summed E-state index contributed by atoms with van der Waals surface area (Å²) in [7, 11) is -8.50. The molecular formula is C20H14Cl2N6Na2O8S2. The van der Waals surface area contributed by atoms with E-state index in [9.17, 15) is 31.0 Å². The van der Waals surface area contributed by atoms with Crippen LogP contribution in [0.3, 0.4) is 0 Å². The van der Waals surface area contributed by atoms with E-state index >= 15 is 0 Å². The number of fused-ring (bicyclic) bond motifs is 1. The maximum Gasteiger partial charge on any atom is 0.296 e. The van der Waals surface area contributed by atoms with Gasteiger partial charge in [-0.25, -0.2) is 0 Å². The van der Waals surface area contributed by atoms with Crippen molar-refractivity contribution in [3.05, 3.63) is 53.0 Å². The molecule has 3 aromatic carbocycles. The van der Waals surface area contributed by atoms with Crippen molar-refractivity contribution in [3.8, 4) is 11.5 Å². The molecule has 0 unspecified atom stereocenters. The second-order valence-corrected chi connectivity index (χ2v) is 10.8. The first-order chi connectivity index (χ1) is 17.8. The van der Waals surface area contributed by atoms with Gasteiger partial charge in [0.05, 0.1) is 7.11 Å². The molecule has 0 aliphatic carbocycles. The SMILES string of the molecule is COc1ccc(N=Nc2c(S(=O)(=O)O)cc3cc(Nc4nc(Cl)nc(Cl)n4)ccc3c2O)c(S(=O)(=O)O)c1.[Na].[Na]. The zero-order chi connectivity index (χ0) is 27.8. The molecule has 4 rings (SSSR count). The predicted molar refractivity (Wildman–Crippen MR) is 147 cm³/mol. The number of methoxy groups -OCH3 is 1. The number of ether oxygens (including phenoxy) is 1. The number of azo groups is 1. The maximum absolute atomic E-state index is 12.1. The normalized spacial score (nSPS) is 11.6. The summed E-state index contributed by atoms with van der Waals surface area (Å²) in [5.74, 6) is -0.637. The number of nitrogens with one attached hydrogen (secondary N) is 1. The summed E-state index contributed by atoms with van der Waals surface area (Å²) in [5, 5.41) is 20.9. The summed E-state index contributed by atoms with van der Waals surface area (Å²) in [5.41, 5.74) is -0.765. The van der Waals surface area contributed by atoms with Gasteiger partial charge >= 0.3 is 0 Å². The van der Waals surface area contributed by atoms with Crippen LogP contribution in [-0.2, 0) is 20.2 Å². The molecule has 0 amide bonds. The van der Waals surface area contributed by atoms with Crippen molar-refractivity contribution in [2.24, 2.45) is 10.2 Å². The van der Waals surface area contributed by atoms with E-state index in [2.05, 4.69) is 30.5 Å². The van der Waals surface area contributed by atoms with Crippen LogP contribution < -0.4 is 10.1 Å².